The van der Waals surface area contributed by atoms with Crippen LogP contribution in [0.3, 0.4) is 0 Å². The highest BCUT2D eigenvalue weighted by molar-refractivity contribution is 5.84. The van der Waals surface area contributed by atoms with E-state index in [0.717, 1.165) is 0 Å². The number of rotatable bonds is 4. The van der Waals surface area contributed by atoms with Gasteiger partial charge in [0.1, 0.15) is 0 Å². The number of carbonyl (C=O) groups excluding carboxylic acids is 1. The second kappa shape index (κ2) is 5.95. The van der Waals surface area contributed by atoms with Crippen molar-refractivity contribution in [1.29, 1.82) is 0 Å². The van der Waals surface area contributed by atoms with Gasteiger partial charge in [0.05, 0.1) is 24.6 Å². The first-order valence-electron chi connectivity index (χ1n) is 5.18. The normalized spacial score (nSPS) is 10.0. The zero-order valence-electron chi connectivity index (χ0n) is 9.69. The summed E-state index contributed by atoms with van der Waals surface area (Å²) in [4.78, 5) is 15.2. The molecule has 1 amide bonds. The van der Waals surface area contributed by atoms with E-state index in [0.29, 0.717) is 18.2 Å². The summed E-state index contributed by atoms with van der Waals surface area (Å²) in [5.74, 6) is 0.533. The predicted octanol–water partition coefficient (Wildman–Crippen LogP) is 2.44. The van der Waals surface area contributed by atoms with Crippen LogP contribution in [0.15, 0.2) is 18.3 Å². The van der Waals surface area contributed by atoms with Crippen molar-refractivity contribution < 1.29 is 14.3 Å². The second-order valence-electron chi connectivity index (χ2n) is 3.40. The van der Waals surface area contributed by atoms with Crippen molar-refractivity contribution in [2.75, 3.05) is 11.9 Å². The summed E-state index contributed by atoms with van der Waals surface area (Å²) in [6.07, 6.45) is 0.892. The summed E-state index contributed by atoms with van der Waals surface area (Å²) < 4.78 is 10.1. The molecule has 0 aliphatic heterocycles. The molecule has 0 fully saturated rings. The third-order valence-electron chi connectivity index (χ3n) is 1.62. The molecular formula is C11H16N2O3. The Bertz CT molecular complexity index is 336. The van der Waals surface area contributed by atoms with Gasteiger partial charge >= 0.3 is 6.09 Å². The fourth-order valence-corrected chi connectivity index (χ4v) is 1.05. The average molecular weight is 224 g/mol. The van der Waals surface area contributed by atoms with Gasteiger partial charge in [0.2, 0.25) is 5.88 Å². The third kappa shape index (κ3) is 4.16. The molecule has 16 heavy (non-hydrogen) atoms. The molecule has 0 aliphatic rings. The van der Waals surface area contributed by atoms with Crippen molar-refractivity contribution in [1.82, 2.24) is 4.98 Å². The van der Waals surface area contributed by atoms with Gasteiger partial charge in [-0.1, -0.05) is 0 Å². The highest BCUT2D eigenvalue weighted by Crippen LogP contribution is 2.11. The number of nitrogens with zero attached hydrogens (tertiary/aromatic N) is 1. The highest BCUT2D eigenvalue weighted by Gasteiger charge is 2.05. The maximum Gasteiger partial charge on any atom is 0.411 e. The van der Waals surface area contributed by atoms with Crippen molar-refractivity contribution >= 4 is 11.8 Å². The van der Waals surface area contributed by atoms with E-state index < -0.39 is 6.09 Å². The van der Waals surface area contributed by atoms with Crippen LogP contribution in [0.1, 0.15) is 20.8 Å². The molecular weight excluding hydrogens is 208 g/mol. The molecule has 1 heterocycles. The third-order valence-corrected chi connectivity index (χ3v) is 1.62. The van der Waals surface area contributed by atoms with Gasteiger partial charge in [-0.25, -0.2) is 9.78 Å². The first-order chi connectivity index (χ1) is 7.61. The van der Waals surface area contributed by atoms with Crippen LogP contribution in [0.5, 0.6) is 5.88 Å². The Kier molecular flexibility index (Phi) is 4.57. The first-order valence-corrected chi connectivity index (χ1v) is 5.18. The SMILES string of the molecule is CCOc1ccc(NC(=O)OC(C)C)cn1. The maximum atomic E-state index is 11.2. The minimum Gasteiger partial charge on any atom is -0.478 e. The topological polar surface area (TPSA) is 60.5 Å². The van der Waals surface area contributed by atoms with Gasteiger partial charge in [0, 0.05) is 6.07 Å². The lowest BCUT2D eigenvalue weighted by molar-refractivity contribution is 0.130. The number of ether oxygens (including phenoxy) is 2. The Hall–Kier alpha value is -1.78. The number of nitrogens with one attached hydrogen (secondary N) is 1. The average Bonchev–Trinajstić information content (AvgIpc) is 2.20. The summed E-state index contributed by atoms with van der Waals surface area (Å²) >= 11 is 0. The molecule has 0 bridgehead atoms. The van der Waals surface area contributed by atoms with Crippen LogP contribution in [-0.4, -0.2) is 23.8 Å². The van der Waals surface area contributed by atoms with Crippen LogP contribution in [0.2, 0.25) is 0 Å². The Labute approximate surface area is 94.8 Å². The molecule has 5 heteroatoms. The Morgan fingerprint density at radius 3 is 2.75 bits per heavy atom. The fourth-order valence-electron chi connectivity index (χ4n) is 1.05. The van der Waals surface area contributed by atoms with Crippen molar-refractivity contribution in [2.24, 2.45) is 0 Å². The molecule has 0 aliphatic carbocycles. The summed E-state index contributed by atoms with van der Waals surface area (Å²) in [7, 11) is 0. The van der Waals surface area contributed by atoms with Crippen LogP contribution in [0.25, 0.3) is 0 Å². The van der Waals surface area contributed by atoms with E-state index in [2.05, 4.69) is 10.3 Å². The van der Waals surface area contributed by atoms with Gasteiger partial charge in [-0.3, -0.25) is 5.32 Å². The molecule has 0 radical (unpaired) electrons. The molecule has 88 valence electrons. The number of hydrogen-bond acceptors (Lipinski definition) is 4. The molecule has 1 aromatic heterocycles. The minimum atomic E-state index is -0.485. The lowest BCUT2D eigenvalue weighted by Crippen LogP contribution is -2.18. The van der Waals surface area contributed by atoms with E-state index in [4.69, 9.17) is 9.47 Å². The molecule has 1 N–H and O–H groups in total. The van der Waals surface area contributed by atoms with E-state index in [1.807, 2.05) is 6.92 Å². The number of hydrogen-bond donors (Lipinski definition) is 1. The molecule has 0 saturated heterocycles. The lowest BCUT2D eigenvalue weighted by atomic mass is 10.4. The summed E-state index contributed by atoms with van der Waals surface area (Å²) in [5, 5.41) is 2.56. The van der Waals surface area contributed by atoms with E-state index in [1.165, 1.54) is 6.20 Å². The van der Waals surface area contributed by atoms with Crippen molar-refractivity contribution in [3.05, 3.63) is 18.3 Å². The molecule has 0 saturated carbocycles. The van der Waals surface area contributed by atoms with E-state index in [-0.39, 0.29) is 6.10 Å². The highest BCUT2D eigenvalue weighted by atomic mass is 16.6. The Balaban J connectivity index is 2.51. The van der Waals surface area contributed by atoms with Crippen molar-refractivity contribution in [3.8, 4) is 5.88 Å². The lowest BCUT2D eigenvalue weighted by Gasteiger charge is -2.09. The molecule has 0 aromatic carbocycles. The first kappa shape index (κ1) is 12.3. The van der Waals surface area contributed by atoms with Gasteiger partial charge in [-0.2, -0.15) is 0 Å². The van der Waals surface area contributed by atoms with Gasteiger partial charge in [0.25, 0.3) is 0 Å². The van der Waals surface area contributed by atoms with Gasteiger partial charge in [-0.15, -0.1) is 0 Å². The molecule has 1 rings (SSSR count). The maximum absolute atomic E-state index is 11.2. The summed E-state index contributed by atoms with van der Waals surface area (Å²) in [5.41, 5.74) is 0.578. The van der Waals surface area contributed by atoms with E-state index >= 15 is 0 Å². The number of anilines is 1. The fraction of sp³-hybridized carbons (Fsp3) is 0.455. The predicted molar refractivity (Wildman–Crippen MR) is 60.6 cm³/mol. The van der Waals surface area contributed by atoms with Crippen LogP contribution in [0.4, 0.5) is 10.5 Å². The smallest absolute Gasteiger partial charge is 0.411 e. The minimum absolute atomic E-state index is 0.143. The number of amides is 1. The molecule has 0 unspecified atom stereocenters. The monoisotopic (exact) mass is 224 g/mol. The number of carbonyl (C=O) groups is 1. The van der Waals surface area contributed by atoms with E-state index in [9.17, 15) is 4.79 Å². The Morgan fingerprint density at radius 1 is 1.50 bits per heavy atom. The zero-order valence-corrected chi connectivity index (χ0v) is 9.69. The van der Waals surface area contributed by atoms with Crippen LogP contribution < -0.4 is 10.1 Å². The van der Waals surface area contributed by atoms with Crippen molar-refractivity contribution in [2.45, 2.75) is 26.9 Å². The number of pyridine rings is 1. The van der Waals surface area contributed by atoms with Crippen molar-refractivity contribution in [3.63, 3.8) is 0 Å². The standard InChI is InChI=1S/C11H16N2O3/c1-4-15-10-6-5-9(7-12-10)13-11(14)16-8(2)3/h5-8H,4H2,1-3H3,(H,13,14). The van der Waals surface area contributed by atoms with Gasteiger partial charge in [-0.05, 0) is 26.8 Å². The second-order valence-corrected chi connectivity index (χ2v) is 3.40. The Morgan fingerprint density at radius 2 is 2.25 bits per heavy atom. The zero-order chi connectivity index (χ0) is 12.0. The molecule has 1 aromatic rings. The summed E-state index contributed by atoms with van der Waals surface area (Å²) in [6, 6.07) is 3.40. The molecule has 5 nitrogen and oxygen atoms in total. The molecule has 0 atom stereocenters. The van der Waals surface area contributed by atoms with Crippen LogP contribution >= 0.6 is 0 Å². The molecule has 0 spiro atoms. The van der Waals surface area contributed by atoms with Gasteiger partial charge < -0.3 is 9.47 Å². The van der Waals surface area contributed by atoms with Gasteiger partial charge in [0.15, 0.2) is 0 Å². The quantitative estimate of drug-likeness (QED) is 0.853. The van der Waals surface area contributed by atoms with Crippen LogP contribution in [-0.2, 0) is 4.74 Å². The van der Waals surface area contributed by atoms with E-state index in [1.54, 1.807) is 26.0 Å². The number of aromatic nitrogens is 1. The largest absolute Gasteiger partial charge is 0.478 e. The van der Waals surface area contributed by atoms with Crippen LogP contribution in [0, 0.1) is 0 Å². The summed E-state index contributed by atoms with van der Waals surface area (Å²) in [6.45, 7) is 6.02.